The van der Waals surface area contributed by atoms with Crippen molar-refractivity contribution in [2.45, 2.75) is 58.8 Å². The maximum absolute atomic E-state index is 9.85. The molecule has 1 aliphatic carbocycles. The molecule has 2 nitrogen and oxygen atoms in total. The highest BCUT2D eigenvalue weighted by atomic mass is 16.4. The van der Waals surface area contributed by atoms with Crippen LogP contribution < -0.4 is 0 Å². The molecular formula is C11H22O2. The van der Waals surface area contributed by atoms with Gasteiger partial charge in [0.2, 0.25) is 0 Å². The minimum absolute atomic E-state index is 0.389. The number of aliphatic carboxylic acids is 1. The number of hydrogen-bond acceptors (Lipinski definition) is 1. The van der Waals surface area contributed by atoms with Gasteiger partial charge in [-0.2, -0.15) is 0 Å². The minimum atomic E-state index is -0.650. The summed E-state index contributed by atoms with van der Waals surface area (Å²) in [6, 6.07) is 0. The summed E-state index contributed by atoms with van der Waals surface area (Å²) >= 11 is 0. The van der Waals surface area contributed by atoms with E-state index in [4.69, 9.17) is 5.11 Å². The van der Waals surface area contributed by atoms with Crippen LogP contribution in [0, 0.1) is 5.92 Å². The molecule has 1 N–H and O–H groups in total. The van der Waals surface area contributed by atoms with Gasteiger partial charge in [-0.05, 0) is 18.8 Å². The Hall–Kier alpha value is -0.530. The predicted octanol–water partition coefficient (Wildman–Crippen LogP) is 3.46. The van der Waals surface area contributed by atoms with Crippen molar-refractivity contribution in [1.82, 2.24) is 0 Å². The maximum atomic E-state index is 9.85. The van der Waals surface area contributed by atoms with Gasteiger partial charge in [0.25, 0.3) is 0 Å². The molecule has 78 valence electrons. The van der Waals surface area contributed by atoms with Crippen molar-refractivity contribution in [2.24, 2.45) is 5.92 Å². The largest absolute Gasteiger partial charge is 0.481 e. The standard InChI is InChI=1S/C6H14.C5H8O2/c1-3-5-6-4-2;6-5(7)3-4-1-2-4/h3-6H2,1-2H3;4H,1-3H2,(H,6,7). The van der Waals surface area contributed by atoms with Gasteiger partial charge in [0.1, 0.15) is 0 Å². The Morgan fingerprint density at radius 1 is 1.23 bits per heavy atom. The molecule has 0 spiro atoms. The van der Waals surface area contributed by atoms with E-state index in [2.05, 4.69) is 13.8 Å². The first-order valence-electron chi connectivity index (χ1n) is 5.42. The highest BCUT2D eigenvalue weighted by molar-refractivity contribution is 5.67. The fourth-order valence-corrected chi connectivity index (χ4v) is 1.07. The lowest BCUT2D eigenvalue weighted by Gasteiger charge is -1.86. The van der Waals surface area contributed by atoms with Gasteiger partial charge in [-0.25, -0.2) is 0 Å². The Morgan fingerprint density at radius 2 is 1.69 bits per heavy atom. The van der Waals surface area contributed by atoms with E-state index in [0.717, 1.165) is 12.8 Å². The fourth-order valence-electron chi connectivity index (χ4n) is 1.07. The molecule has 1 rings (SSSR count). The molecule has 2 heteroatoms. The summed E-state index contributed by atoms with van der Waals surface area (Å²) in [6.07, 6.45) is 8.19. The van der Waals surface area contributed by atoms with E-state index in [1.807, 2.05) is 0 Å². The molecule has 0 unspecified atom stereocenters. The monoisotopic (exact) mass is 186 g/mol. The molecule has 13 heavy (non-hydrogen) atoms. The van der Waals surface area contributed by atoms with Crippen LogP contribution in [0.15, 0.2) is 0 Å². The third-order valence-electron chi connectivity index (χ3n) is 2.12. The highest BCUT2D eigenvalue weighted by Crippen LogP contribution is 2.31. The quantitative estimate of drug-likeness (QED) is 0.668. The topological polar surface area (TPSA) is 37.3 Å². The second-order valence-corrected chi connectivity index (χ2v) is 3.75. The highest BCUT2D eigenvalue weighted by Gasteiger charge is 2.23. The third-order valence-corrected chi connectivity index (χ3v) is 2.12. The van der Waals surface area contributed by atoms with Crippen LogP contribution in [0.25, 0.3) is 0 Å². The van der Waals surface area contributed by atoms with Crippen LogP contribution in [0.1, 0.15) is 58.8 Å². The SMILES string of the molecule is CCCCCC.O=C(O)CC1CC1. The summed E-state index contributed by atoms with van der Waals surface area (Å²) in [5, 5.41) is 8.12. The first-order valence-corrected chi connectivity index (χ1v) is 5.42. The minimum Gasteiger partial charge on any atom is -0.481 e. The predicted molar refractivity (Wildman–Crippen MR) is 54.8 cm³/mol. The fraction of sp³-hybridized carbons (Fsp3) is 0.909. The molecule has 0 radical (unpaired) electrons. The van der Waals surface area contributed by atoms with Gasteiger partial charge in [-0.1, -0.05) is 39.5 Å². The molecule has 0 atom stereocenters. The van der Waals surface area contributed by atoms with Crippen molar-refractivity contribution in [3.8, 4) is 0 Å². The van der Waals surface area contributed by atoms with Crippen molar-refractivity contribution >= 4 is 5.97 Å². The number of hydrogen-bond donors (Lipinski definition) is 1. The Balaban J connectivity index is 0.000000226. The van der Waals surface area contributed by atoms with E-state index in [0.29, 0.717) is 12.3 Å². The van der Waals surface area contributed by atoms with Gasteiger partial charge in [-0.15, -0.1) is 0 Å². The van der Waals surface area contributed by atoms with Gasteiger partial charge in [-0.3, -0.25) is 4.79 Å². The van der Waals surface area contributed by atoms with E-state index in [-0.39, 0.29) is 0 Å². The van der Waals surface area contributed by atoms with Crippen LogP contribution in [0.2, 0.25) is 0 Å². The lowest BCUT2D eigenvalue weighted by atomic mass is 10.2. The number of carboxylic acids is 1. The van der Waals surface area contributed by atoms with Crippen molar-refractivity contribution in [3.05, 3.63) is 0 Å². The number of rotatable bonds is 5. The second-order valence-electron chi connectivity index (χ2n) is 3.75. The summed E-state index contributed by atoms with van der Waals surface area (Å²) in [5.74, 6) is -0.125. The van der Waals surface area contributed by atoms with Crippen LogP contribution in [-0.4, -0.2) is 11.1 Å². The van der Waals surface area contributed by atoms with Crippen molar-refractivity contribution in [3.63, 3.8) is 0 Å². The molecular weight excluding hydrogens is 164 g/mol. The molecule has 1 fully saturated rings. The van der Waals surface area contributed by atoms with Crippen molar-refractivity contribution < 1.29 is 9.90 Å². The van der Waals surface area contributed by atoms with E-state index >= 15 is 0 Å². The third kappa shape index (κ3) is 11.5. The molecule has 0 aliphatic heterocycles. The first kappa shape index (κ1) is 12.5. The van der Waals surface area contributed by atoms with Gasteiger partial charge >= 0.3 is 5.97 Å². The Morgan fingerprint density at radius 3 is 1.85 bits per heavy atom. The average Bonchev–Trinajstić information content (AvgIpc) is 2.84. The molecule has 1 saturated carbocycles. The molecule has 0 bridgehead atoms. The average molecular weight is 186 g/mol. The van der Waals surface area contributed by atoms with Crippen LogP contribution in [0.5, 0.6) is 0 Å². The van der Waals surface area contributed by atoms with E-state index in [9.17, 15) is 4.79 Å². The van der Waals surface area contributed by atoms with E-state index in [1.54, 1.807) is 0 Å². The number of unbranched alkanes of at least 4 members (excludes halogenated alkanes) is 3. The summed E-state index contributed by atoms with van der Waals surface area (Å²) in [7, 11) is 0. The lowest BCUT2D eigenvalue weighted by molar-refractivity contribution is -0.137. The van der Waals surface area contributed by atoms with Gasteiger partial charge in [0, 0.05) is 6.42 Å². The zero-order chi connectivity index (χ0) is 10.1. The van der Waals surface area contributed by atoms with Crippen LogP contribution >= 0.6 is 0 Å². The number of carbonyl (C=O) groups is 1. The molecule has 0 aromatic carbocycles. The normalized spacial score (nSPS) is 14.6. The van der Waals surface area contributed by atoms with Crippen LogP contribution in [0.4, 0.5) is 0 Å². The molecule has 0 heterocycles. The summed E-state index contributed by atoms with van der Waals surface area (Å²) < 4.78 is 0. The zero-order valence-electron chi connectivity index (χ0n) is 8.88. The first-order chi connectivity index (χ1) is 6.20. The van der Waals surface area contributed by atoms with Crippen LogP contribution in [0.3, 0.4) is 0 Å². The zero-order valence-corrected chi connectivity index (χ0v) is 8.88. The Kier molecular flexibility index (Phi) is 7.76. The smallest absolute Gasteiger partial charge is 0.303 e. The van der Waals surface area contributed by atoms with E-state index < -0.39 is 5.97 Å². The second kappa shape index (κ2) is 8.09. The van der Waals surface area contributed by atoms with Gasteiger partial charge in [0.15, 0.2) is 0 Å². The van der Waals surface area contributed by atoms with Crippen molar-refractivity contribution in [2.75, 3.05) is 0 Å². The lowest BCUT2D eigenvalue weighted by Crippen LogP contribution is -1.93. The summed E-state index contributed by atoms with van der Waals surface area (Å²) in [4.78, 5) is 9.85. The molecule has 1 aliphatic rings. The Labute approximate surface area is 81.3 Å². The van der Waals surface area contributed by atoms with Gasteiger partial charge in [0.05, 0.1) is 0 Å². The number of carboxylic acid groups (broad SMARTS) is 1. The summed E-state index contributed by atoms with van der Waals surface area (Å²) in [6.45, 7) is 4.46. The molecule has 0 amide bonds. The van der Waals surface area contributed by atoms with Crippen molar-refractivity contribution in [1.29, 1.82) is 0 Å². The summed E-state index contributed by atoms with van der Waals surface area (Å²) in [5.41, 5.74) is 0. The molecule has 0 saturated heterocycles. The molecule has 0 aromatic heterocycles. The maximum Gasteiger partial charge on any atom is 0.303 e. The van der Waals surface area contributed by atoms with E-state index in [1.165, 1.54) is 25.7 Å². The van der Waals surface area contributed by atoms with Gasteiger partial charge < -0.3 is 5.11 Å². The van der Waals surface area contributed by atoms with Crippen LogP contribution in [-0.2, 0) is 4.79 Å². The molecule has 0 aromatic rings. The Bertz CT molecular complexity index is 124.